The van der Waals surface area contributed by atoms with E-state index < -0.39 is 54.8 Å². The number of ether oxygens (including phenoxy) is 2. The van der Waals surface area contributed by atoms with E-state index >= 15 is 0 Å². The summed E-state index contributed by atoms with van der Waals surface area (Å²) < 4.78 is 11.2. The molecule has 9 nitrogen and oxygen atoms in total. The van der Waals surface area contributed by atoms with Crippen LogP contribution in [0.2, 0.25) is 0 Å². The standard InChI is InChI=1S/C26H42O9/c1-24(9-10-34-22-20(31)19(30)18(29)17(13-27)35-22)8-5-15-14(12-24)11-16(28)21-25(15,2)6-4-7-26(21,3)23(32)33/h11,15-22,27-31H,4-10,12-13H2,1-3H3,(H,32,33). The van der Waals surface area contributed by atoms with E-state index in [-0.39, 0.29) is 29.3 Å². The maximum absolute atomic E-state index is 12.2. The van der Waals surface area contributed by atoms with E-state index in [4.69, 9.17) is 9.47 Å². The van der Waals surface area contributed by atoms with Crippen LogP contribution in [0.5, 0.6) is 0 Å². The van der Waals surface area contributed by atoms with Gasteiger partial charge in [-0.05, 0) is 62.2 Å². The first-order valence-electron chi connectivity index (χ1n) is 12.9. The highest BCUT2D eigenvalue weighted by Gasteiger charge is 2.61. The lowest BCUT2D eigenvalue weighted by Crippen LogP contribution is -2.59. The molecule has 1 heterocycles. The lowest BCUT2D eigenvalue weighted by atomic mass is 9.44. The highest BCUT2D eigenvalue weighted by atomic mass is 16.7. The molecule has 9 heteroatoms. The Morgan fingerprint density at radius 3 is 2.46 bits per heavy atom. The van der Waals surface area contributed by atoms with Crippen molar-refractivity contribution >= 4 is 5.97 Å². The summed E-state index contributed by atoms with van der Waals surface area (Å²) >= 11 is 0. The van der Waals surface area contributed by atoms with Crippen LogP contribution in [0.1, 0.15) is 65.7 Å². The fourth-order valence-corrected chi connectivity index (χ4v) is 7.74. The first-order valence-corrected chi connectivity index (χ1v) is 12.9. The first kappa shape index (κ1) is 27.0. The average Bonchev–Trinajstić information content (AvgIpc) is 2.78. The third-order valence-electron chi connectivity index (χ3n) is 9.77. The lowest BCUT2D eigenvalue weighted by molar-refractivity contribution is -0.302. The van der Waals surface area contributed by atoms with E-state index in [1.807, 2.05) is 6.08 Å². The monoisotopic (exact) mass is 498 g/mol. The minimum absolute atomic E-state index is 0.107. The third kappa shape index (κ3) is 4.58. The van der Waals surface area contributed by atoms with Crippen LogP contribution >= 0.6 is 0 Å². The van der Waals surface area contributed by atoms with Crippen molar-refractivity contribution in [3.63, 3.8) is 0 Å². The smallest absolute Gasteiger partial charge is 0.309 e. The molecule has 0 aromatic rings. The summed E-state index contributed by atoms with van der Waals surface area (Å²) in [5.74, 6) is -0.890. The number of hydrogen-bond donors (Lipinski definition) is 6. The molecule has 3 aliphatic carbocycles. The summed E-state index contributed by atoms with van der Waals surface area (Å²) in [5, 5.41) is 60.6. The van der Waals surface area contributed by atoms with Gasteiger partial charge < -0.3 is 40.1 Å². The van der Waals surface area contributed by atoms with Crippen LogP contribution in [-0.4, -0.2) is 86.6 Å². The SMILES string of the molecule is CC1(CCOC2OC(CO)C(O)C(O)C2O)CCC2C(=CC(O)C3C(C)(C(=O)O)CCCC23C)C1. The number of fused-ring (bicyclic) bond motifs is 3. The van der Waals surface area contributed by atoms with Crippen molar-refractivity contribution in [2.75, 3.05) is 13.2 Å². The van der Waals surface area contributed by atoms with Crippen LogP contribution in [-0.2, 0) is 14.3 Å². The molecular weight excluding hydrogens is 456 g/mol. The first-order chi connectivity index (χ1) is 16.4. The van der Waals surface area contributed by atoms with Crippen LogP contribution in [0, 0.1) is 28.1 Å². The van der Waals surface area contributed by atoms with Gasteiger partial charge in [0.15, 0.2) is 6.29 Å². The topological polar surface area (TPSA) is 157 Å². The molecule has 0 radical (unpaired) electrons. The van der Waals surface area contributed by atoms with E-state index in [2.05, 4.69) is 13.8 Å². The Morgan fingerprint density at radius 2 is 1.80 bits per heavy atom. The number of carboxylic acids is 1. The minimum atomic E-state index is -1.47. The third-order valence-corrected chi connectivity index (χ3v) is 9.77. The van der Waals surface area contributed by atoms with Gasteiger partial charge in [-0.2, -0.15) is 0 Å². The van der Waals surface area contributed by atoms with Crippen molar-refractivity contribution in [3.05, 3.63) is 11.6 Å². The number of aliphatic carboxylic acids is 1. The van der Waals surface area contributed by atoms with E-state index in [0.717, 1.165) is 32.1 Å². The Kier molecular flexibility index (Phi) is 7.45. The Morgan fingerprint density at radius 1 is 1.09 bits per heavy atom. The van der Waals surface area contributed by atoms with Crippen molar-refractivity contribution < 1.29 is 44.9 Å². The Bertz CT molecular complexity index is 830. The van der Waals surface area contributed by atoms with Gasteiger partial charge in [-0.25, -0.2) is 0 Å². The Hall–Kier alpha value is -1.07. The molecule has 11 unspecified atom stereocenters. The van der Waals surface area contributed by atoms with E-state index in [9.17, 15) is 35.4 Å². The van der Waals surface area contributed by atoms with Crippen LogP contribution in [0.15, 0.2) is 11.6 Å². The number of hydrogen-bond acceptors (Lipinski definition) is 8. The number of carboxylic acid groups (broad SMARTS) is 1. The molecule has 6 N–H and O–H groups in total. The largest absolute Gasteiger partial charge is 0.481 e. The maximum atomic E-state index is 12.2. The second-order valence-electron chi connectivity index (χ2n) is 12.2. The summed E-state index contributed by atoms with van der Waals surface area (Å²) in [6.45, 7) is 5.90. The molecule has 2 saturated carbocycles. The van der Waals surface area contributed by atoms with E-state index in [1.165, 1.54) is 5.57 Å². The zero-order valence-corrected chi connectivity index (χ0v) is 21.0. The maximum Gasteiger partial charge on any atom is 0.309 e. The van der Waals surface area contributed by atoms with Crippen molar-refractivity contribution in [2.45, 2.75) is 103 Å². The van der Waals surface area contributed by atoms with Gasteiger partial charge in [0.25, 0.3) is 0 Å². The van der Waals surface area contributed by atoms with Gasteiger partial charge >= 0.3 is 5.97 Å². The Labute approximate surface area is 206 Å². The molecule has 1 saturated heterocycles. The molecule has 35 heavy (non-hydrogen) atoms. The van der Waals surface area contributed by atoms with Gasteiger partial charge in [-0.1, -0.05) is 31.9 Å². The fourth-order valence-electron chi connectivity index (χ4n) is 7.74. The highest BCUT2D eigenvalue weighted by molar-refractivity contribution is 5.75. The number of aliphatic hydroxyl groups is 5. The molecule has 1 aliphatic heterocycles. The second-order valence-corrected chi connectivity index (χ2v) is 12.2. The van der Waals surface area contributed by atoms with Gasteiger partial charge in [0, 0.05) is 5.92 Å². The van der Waals surface area contributed by atoms with E-state index in [0.29, 0.717) is 12.8 Å². The number of rotatable bonds is 6. The van der Waals surface area contributed by atoms with Crippen LogP contribution < -0.4 is 0 Å². The summed E-state index contributed by atoms with van der Waals surface area (Å²) in [4.78, 5) is 12.2. The predicted molar refractivity (Wildman–Crippen MR) is 125 cm³/mol. The molecule has 3 fully saturated rings. The van der Waals surface area contributed by atoms with Crippen LogP contribution in [0.25, 0.3) is 0 Å². The quantitative estimate of drug-likeness (QED) is 0.296. The summed E-state index contributed by atoms with van der Waals surface area (Å²) in [5.41, 5.74) is -0.103. The molecule has 0 bridgehead atoms. The molecule has 0 amide bonds. The minimum Gasteiger partial charge on any atom is -0.481 e. The summed E-state index contributed by atoms with van der Waals surface area (Å²) in [6, 6.07) is 0. The van der Waals surface area contributed by atoms with Gasteiger partial charge in [0.05, 0.1) is 24.7 Å². The highest BCUT2D eigenvalue weighted by Crippen LogP contribution is 2.64. The summed E-state index contributed by atoms with van der Waals surface area (Å²) in [6.07, 6.45) is 0.304. The Balaban J connectivity index is 1.43. The molecule has 11 atom stereocenters. The molecule has 0 aromatic carbocycles. The number of aliphatic hydroxyl groups excluding tert-OH is 5. The molecule has 0 aromatic heterocycles. The molecule has 4 rings (SSSR count). The molecule has 0 spiro atoms. The molecule has 200 valence electrons. The molecular formula is C26H42O9. The second kappa shape index (κ2) is 9.67. The molecule has 4 aliphatic rings. The zero-order chi connectivity index (χ0) is 25.8. The van der Waals surface area contributed by atoms with Crippen molar-refractivity contribution in [1.82, 2.24) is 0 Å². The van der Waals surface area contributed by atoms with Crippen LogP contribution in [0.3, 0.4) is 0 Å². The number of carbonyl (C=O) groups is 1. The zero-order valence-electron chi connectivity index (χ0n) is 21.0. The van der Waals surface area contributed by atoms with Gasteiger partial charge in [0.1, 0.15) is 24.4 Å². The van der Waals surface area contributed by atoms with Crippen LogP contribution in [0.4, 0.5) is 0 Å². The van der Waals surface area contributed by atoms with Gasteiger partial charge in [-0.15, -0.1) is 0 Å². The average molecular weight is 499 g/mol. The number of allylic oxidation sites excluding steroid dienone is 1. The fraction of sp³-hybridized carbons (Fsp3) is 0.885. The van der Waals surface area contributed by atoms with Gasteiger partial charge in [-0.3, -0.25) is 4.79 Å². The van der Waals surface area contributed by atoms with Gasteiger partial charge in [0.2, 0.25) is 0 Å². The van der Waals surface area contributed by atoms with Crippen molar-refractivity contribution in [3.8, 4) is 0 Å². The predicted octanol–water partition coefficient (Wildman–Crippen LogP) is 1.20. The van der Waals surface area contributed by atoms with Crippen molar-refractivity contribution in [2.24, 2.45) is 28.1 Å². The normalized spacial score (nSPS) is 50.1. The van der Waals surface area contributed by atoms with Crippen molar-refractivity contribution in [1.29, 1.82) is 0 Å². The lowest BCUT2D eigenvalue weighted by Gasteiger charge is -2.60. The van der Waals surface area contributed by atoms with E-state index in [1.54, 1.807) is 6.92 Å². The summed E-state index contributed by atoms with van der Waals surface area (Å²) in [7, 11) is 0.